The van der Waals surface area contributed by atoms with Gasteiger partial charge in [-0.15, -0.1) is 0 Å². The van der Waals surface area contributed by atoms with Crippen LogP contribution in [-0.2, 0) is 0 Å². The van der Waals surface area contributed by atoms with Crippen LogP contribution in [0, 0.1) is 0 Å². The van der Waals surface area contributed by atoms with Gasteiger partial charge in [0.25, 0.3) is 0 Å². The summed E-state index contributed by atoms with van der Waals surface area (Å²) in [5.74, 6) is 1.16. The molecule has 0 unspecified atom stereocenters. The third-order valence-corrected chi connectivity index (χ3v) is 3.72. The van der Waals surface area contributed by atoms with E-state index in [4.69, 9.17) is 14.2 Å². The van der Waals surface area contributed by atoms with Crippen LogP contribution >= 0.6 is 0 Å². The number of benzene rings is 3. The van der Waals surface area contributed by atoms with Crippen molar-refractivity contribution in [3.05, 3.63) is 30.3 Å². The van der Waals surface area contributed by atoms with Crippen LogP contribution in [0.5, 0.6) is 28.7 Å². The first-order valence-corrected chi connectivity index (χ1v) is 6.68. The quantitative estimate of drug-likeness (QED) is 0.725. The summed E-state index contributed by atoms with van der Waals surface area (Å²) in [4.78, 5) is 0. The highest BCUT2D eigenvalue weighted by Crippen LogP contribution is 2.46. The normalized spacial score (nSPS) is 10.9. The molecule has 0 aliphatic carbocycles. The largest absolute Gasteiger partial charge is 0.504 e. The van der Waals surface area contributed by atoms with Crippen molar-refractivity contribution in [2.45, 2.75) is 0 Å². The van der Waals surface area contributed by atoms with Gasteiger partial charge < -0.3 is 24.4 Å². The van der Waals surface area contributed by atoms with Crippen molar-refractivity contribution in [2.24, 2.45) is 0 Å². The van der Waals surface area contributed by atoms with E-state index < -0.39 is 0 Å². The summed E-state index contributed by atoms with van der Waals surface area (Å²) in [6.07, 6.45) is 0. The van der Waals surface area contributed by atoms with Gasteiger partial charge in [-0.3, -0.25) is 0 Å². The molecule has 0 aliphatic rings. The van der Waals surface area contributed by atoms with Crippen LogP contribution in [0.15, 0.2) is 30.3 Å². The number of ether oxygens (including phenoxy) is 3. The van der Waals surface area contributed by atoms with Crippen LogP contribution in [0.4, 0.5) is 0 Å². The number of rotatable bonds is 3. The maximum atomic E-state index is 10.1. The highest BCUT2D eigenvalue weighted by molar-refractivity contribution is 6.13. The summed E-state index contributed by atoms with van der Waals surface area (Å²) in [7, 11) is 4.49. The molecule has 114 valence electrons. The first-order chi connectivity index (χ1) is 10.6. The smallest absolute Gasteiger partial charge is 0.203 e. The van der Waals surface area contributed by atoms with E-state index in [1.807, 2.05) is 12.1 Å². The Morgan fingerprint density at radius 2 is 1.36 bits per heavy atom. The fourth-order valence-electron chi connectivity index (χ4n) is 2.73. The summed E-state index contributed by atoms with van der Waals surface area (Å²) < 4.78 is 15.9. The Balaban J connectivity index is 2.53. The Morgan fingerprint density at radius 1 is 0.727 bits per heavy atom. The Hall–Kier alpha value is -2.82. The fourth-order valence-corrected chi connectivity index (χ4v) is 2.73. The summed E-state index contributed by atoms with van der Waals surface area (Å²) in [6, 6.07) is 8.71. The summed E-state index contributed by atoms with van der Waals surface area (Å²) in [5, 5.41) is 23.3. The molecule has 22 heavy (non-hydrogen) atoms. The van der Waals surface area contributed by atoms with Gasteiger partial charge in [-0.2, -0.15) is 0 Å². The van der Waals surface area contributed by atoms with E-state index >= 15 is 0 Å². The van der Waals surface area contributed by atoms with Crippen molar-refractivity contribution >= 4 is 21.5 Å². The Kier molecular flexibility index (Phi) is 3.33. The molecule has 5 heteroatoms. The molecule has 0 heterocycles. The van der Waals surface area contributed by atoms with E-state index in [1.54, 1.807) is 18.2 Å². The number of hydrogen-bond acceptors (Lipinski definition) is 5. The lowest BCUT2D eigenvalue weighted by Gasteiger charge is -2.15. The standard InChI is InChI=1S/C17H16O5/c1-20-14-8-11-9(6-12(14)18)4-5-10-7-13(19)16(21-2)17(22-3)15(10)11/h4-8,18-19H,1-3H3. The van der Waals surface area contributed by atoms with E-state index in [-0.39, 0.29) is 17.2 Å². The second kappa shape index (κ2) is 5.18. The molecule has 3 rings (SSSR count). The van der Waals surface area contributed by atoms with Crippen LogP contribution in [-0.4, -0.2) is 31.5 Å². The van der Waals surface area contributed by atoms with Gasteiger partial charge in [-0.25, -0.2) is 0 Å². The van der Waals surface area contributed by atoms with Crippen LogP contribution < -0.4 is 14.2 Å². The van der Waals surface area contributed by atoms with Crippen LogP contribution in [0.25, 0.3) is 21.5 Å². The van der Waals surface area contributed by atoms with Gasteiger partial charge in [-0.1, -0.05) is 12.1 Å². The van der Waals surface area contributed by atoms with Crippen molar-refractivity contribution in [2.75, 3.05) is 21.3 Å². The zero-order chi connectivity index (χ0) is 15.9. The van der Waals surface area contributed by atoms with Gasteiger partial charge in [0.15, 0.2) is 23.0 Å². The van der Waals surface area contributed by atoms with Crippen LogP contribution in [0.2, 0.25) is 0 Å². The molecule has 0 saturated heterocycles. The molecule has 3 aromatic carbocycles. The molecule has 0 aromatic heterocycles. The first kappa shape index (κ1) is 14.1. The molecule has 2 N–H and O–H groups in total. The van der Waals surface area contributed by atoms with Crippen molar-refractivity contribution in [1.82, 2.24) is 0 Å². The van der Waals surface area contributed by atoms with Gasteiger partial charge in [0, 0.05) is 5.39 Å². The highest BCUT2D eigenvalue weighted by Gasteiger charge is 2.18. The van der Waals surface area contributed by atoms with Crippen molar-refractivity contribution in [3.63, 3.8) is 0 Å². The Labute approximate surface area is 127 Å². The van der Waals surface area contributed by atoms with Gasteiger partial charge in [0.05, 0.1) is 21.3 Å². The number of phenolic OH excluding ortho intramolecular Hbond substituents is 2. The molecule has 0 saturated carbocycles. The minimum atomic E-state index is 0.0111. The van der Waals surface area contributed by atoms with E-state index in [0.717, 1.165) is 21.5 Å². The zero-order valence-corrected chi connectivity index (χ0v) is 12.5. The molecule has 0 atom stereocenters. The predicted octanol–water partition coefficient (Wildman–Crippen LogP) is 3.43. The number of phenols is 2. The van der Waals surface area contributed by atoms with Crippen molar-refractivity contribution < 1.29 is 24.4 Å². The average molecular weight is 300 g/mol. The summed E-state index contributed by atoms with van der Waals surface area (Å²) in [5.41, 5.74) is 0. The first-order valence-electron chi connectivity index (χ1n) is 6.68. The second-order valence-corrected chi connectivity index (χ2v) is 4.87. The molecule has 0 bridgehead atoms. The molecule has 5 nitrogen and oxygen atoms in total. The molecule has 0 aliphatic heterocycles. The van der Waals surface area contributed by atoms with Crippen molar-refractivity contribution in [3.8, 4) is 28.7 Å². The fraction of sp³-hybridized carbons (Fsp3) is 0.176. The predicted molar refractivity (Wildman–Crippen MR) is 84.4 cm³/mol. The SMILES string of the molecule is COc1cc2c(ccc3cc(O)c(OC)c(OC)c32)cc1O. The minimum Gasteiger partial charge on any atom is -0.504 e. The number of methoxy groups -OCH3 is 3. The van der Waals surface area contributed by atoms with Gasteiger partial charge in [0.1, 0.15) is 0 Å². The monoisotopic (exact) mass is 300 g/mol. The maximum Gasteiger partial charge on any atom is 0.203 e. The number of hydrogen-bond donors (Lipinski definition) is 2. The second-order valence-electron chi connectivity index (χ2n) is 4.87. The van der Waals surface area contributed by atoms with Crippen LogP contribution in [0.1, 0.15) is 0 Å². The van der Waals surface area contributed by atoms with E-state index in [2.05, 4.69) is 0 Å². The number of aromatic hydroxyl groups is 2. The van der Waals surface area contributed by atoms with Gasteiger partial charge in [-0.05, 0) is 34.4 Å². The van der Waals surface area contributed by atoms with E-state index in [9.17, 15) is 10.2 Å². The van der Waals surface area contributed by atoms with Crippen LogP contribution in [0.3, 0.4) is 0 Å². The molecule has 0 radical (unpaired) electrons. The third-order valence-electron chi connectivity index (χ3n) is 3.72. The van der Waals surface area contributed by atoms with Gasteiger partial charge >= 0.3 is 0 Å². The topological polar surface area (TPSA) is 68.2 Å². The third kappa shape index (κ3) is 1.94. The summed E-state index contributed by atoms with van der Waals surface area (Å²) in [6.45, 7) is 0. The molecule has 3 aromatic rings. The van der Waals surface area contributed by atoms with Crippen molar-refractivity contribution in [1.29, 1.82) is 0 Å². The Bertz CT molecular complexity index is 870. The number of fused-ring (bicyclic) bond motifs is 3. The maximum absolute atomic E-state index is 10.1. The lowest BCUT2D eigenvalue weighted by Crippen LogP contribution is -1.93. The van der Waals surface area contributed by atoms with E-state index in [0.29, 0.717) is 11.5 Å². The lowest BCUT2D eigenvalue weighted by molar-refractivity contribution is 0.336. The highest BCUT2D eigenvalue weighted by atomic mass is 16.5. The zero-order valence-electron chi connectivity index (χ0n) is 12.5. The minimum absolute atomic E-state index is 0.0111. The lowest BCUT2D eigenvalue weighted by atomic mass is 9.99. The molecular formula is C17H16O5. The molecule has 0 fully saturated rings. The average Bonchev–Trinajstić information content (AvgIpc) is 2.52. The molecular weight excluding hydrogens is 284 g/mol. The van der Waals surface area contributed by atoms with Gasteiger partial charge in [0.2, 0.25) is 5.75 Å². The van der Waals surface area contributed by atoms with E-state index in [1.165, 1.54) is 21.3 Å². The molecule has 0 amide bonds. The summed E-state index contributed by atoms with van der Waals surface area (Å²) >= 11 is 0. The Morgan fingerprint density at radius 3 is 2.00 bits per heavy atom. The molecule has 0 spiro atoms.